The molecule has 0 N–H and O–H groups in total. The van der Waals surface area contributed by atoms with Crippen LogP contribution in [0, 0.1) is 5.82 Å². The van der Waals surface area contributed by atoms with Gasteiger partial charge in [-0.1, -0.05) is 30.3 Å². The first-order chi connectivity index (χ1) is 19.8. The molecule has 1 aromatic heterocycles. The van der Waals surface area contributed by atoms with E-state index in [1.54, 1.807) is 12.1 Å². The lowest BCUT2D eigenvalue weighted by atomic mass is 9.93. The number of carbonyl (C=O) groups is 3. The Morgan fingerprint density at radius 2 is 1.81 bits per heavy atom. The normalized spacial score (nSPS) is 18.9. The molecule has 0 bridgehead atoms. The lowest BCUT2D eigenvalue weighted by molar-refractivity contribution is -0.187. The SMILES string of the molecule is C[C@H](N(Cc1ccc(F)cc1)C(=O)CN1C(=O)O[C@@]2(CCc3cc(-c4cccc(C(F)F)n4)ccc32)C1=O)C(F)(F)F. The quantitative estimate of drug-likeness (QED) is 0.319. The van der Waals surface area contributed by atoms with Gasteiger partial charge < -0.3 is 9.64 Å². The molecule has 7 nitrogen and oxygen atoms in total. The van der Waals surface area contributed by atoms with Crippen molar-refractivity contribution in [2.24, 2.45) is 0 Å². The lowest BCUT2D eigenvalue weighted by Gasteiger charge is -2.31. The van der Waals surface area contributed by atoms with E-state index in [4.69, 9.17) is 4.74 Å². The summed E-state index contributed by atoms with van der Waals surface area (Å²) >= 11 is 0. The zero-order valence-electron chi connectivity index (χ0n) is 22.0. The number of rotatable bonds is 7. The van der Waals surface area contributed by atoms with Gasteiger partial charge in [-0.05, 0) is 54.8 Å². The predicted octanol–water partition coefficient (Wildman–Crippen LogP) is 5.93. The second-order valence-electron chi connectivity index (χ2n) is 10.1. The zero-order valence-corrected chi connectivity index (χ0v) is 22.0. The largest absolute Gasteiger partial charge is 0.427 e. The van der Waals surface area contributed by atoms with E-state index in [1.807, 2.05) is 0 Å². The molecule has 220 valence electrons. The number of aryl methyl sites for hydroxylation is 1. The number of halogens is 6. The van der Waals surface area contributed by atoms with Gasteiger partial charge in [0.05, 0.1) is 5.69 Å². The van der Waals surface area contributed by atoms with Crippen LogP contribution in [0.25, 0.3) is 11.3 Å². The van der Waals surface area contributed by atoms with E-state index in [0.717, 1.165) is 19.1 Å². The van der Waals surface area contributed by atoms with Crippen molar-refractivity contribution in [3.05, 3.63) is 88.9 Å². The highest BCUT2D eigenvalue weighted by atomic mass is 19.4. The van der Waals surface area contributed by atoms with E-state index >= 15 is 0 Å². The van der Waals surface area contributed by atoms with Gasteiger partial charge in [0.1, 0.15) is 24.1 Å². The van der Waals surface area contributed by atoms with Gasteiger partial charge in [-0.2, -0.15) is 13.2 Å². The Bertz CT molecular complexity index is 1550. The second kappa shape index (κ2) is 10.8. The molecule has 1 saturated heterocycles. The van der Waals surface area contributed by atoms with Crippen molar-refractivity contribution >= 4 is 17.9 Å². The van der Waals surface area contributed by atoms with Gasteiger partial charge in [-0.25, -0.2) is 27.8 Å². The maximum absolute atomic E-state index is 13.6. The Labute approximate surface area is 235 Å². The third kappa shape index (κ3) is 5.30. The molecule has 3 amide bonds. The highest BCUT2D eigenvalue weighted by Crippen LogP contribution is 2.46. The first kappa shape index (κ1) is 29.1. The predicted molar refractivity (Wildman–Crippen MR) is 135 cm³/mol. The van der Waals surface area contributed by atoms with Crippen LogP contribution in [-0.4, -0.2) is 51.5 Å². The van der Waals surface area contributed by atoms with Crippen molar-refractivity contribution in [3.8, 4) is 11.3 Å². The van der Waals surface area contributed by atoms with E-state index in [1.165, 1.54) is 36.4 Å². The fourth-order valence-electron chi connectivity index (χ4n) is 5.18. The van der Waals surface area contributed by atoms with Gasteiger partial charge in [0.15, 0.2) is 0 Å². The monoisotopic (exact) mass is 591 g/mol. The molecule has 0 radical (unpaired) electrons. The number of ether oxygens (including phenoxy) is 1. The Hall–Kier alpha value is -4.42. The van der Waals surface area contributed by atoms with Crippen molar-refractivity contribution in [3.63, 3.8) is 0 Å². The number of alkyl halides is 5. The van der Waals surface area contributed by atoms with Crippen LogP contribution >= 0.6 is 0 Å². The summed E-state index contributed by atoms with van der Waals surface area (Å²) in [6.07, 6.45) is -8.49. The maximum Gasteiger partial charge on any atom is 0.418 e. The highest BCUT2D eigenvalue weighted by molar-refractivity contribution is 6.06. The number of benzene rings is 2. The van der Waals surface area contributed by atoms with Crippen molar-refractivity contribution in [1.29, 1.82) is 0 Å². The van der Waals surface area contributed by atoms with Crippen LogP contribution in [0.2, 0.25) is 0 Å². The summed E-state index contributed by atoms with van der Waals surface area (Å²) < 4.78 is 86.0. The maximum atomic E-state index is 13.6. The molecular formula is C29H23F6N3O4. The molecule has 2 heterocycles. The summed E-state index contributed by atoms with van der Waals surface area (Å²) in [6, 6.07) is 11.1. The van der Waals surface area contributed by atoms with Gasteiger partial charge in [0.2, 0.25) is 11.5 Å². The van der Waals surface area contributed by atoms with Crippen molar-refractivity contribution < 1.29 is 45.5 Å². The number of imide groups is 1. The standard InChI is InChI=1S/C29H23F6N3O4/c1-16(29(33,34)35)37(14-17-5-8-20(30)9-6-17)24(39)15-38-26(40)28(42-27(38)41)12-11-18-13-19(7-10-21(18)28)22-3-2-4-23(36-22)25(31)32/h2-10,13,16,25H,11-12,14-15H2,1H3/t16-,28+/m0/s1. The van der Waals surface area contributed by atoms with Gasteiger partial charge >= 0.3 is 12.3 Å². The number of aromatic nitrogens is 1. The molecule has 2 aliphatic rings. The number of fused-ring (bicyclic) bond motifs is 2. The number of hydrogen-bond acceptors (Lipinski definition) is 5. The number of amides is 3. The molecule has 1 fully saturated rings. The number of nitrogens with zero attached hydrogens (tertiary/aromatic N) is 3. The molecular weight excluding hydrogens is 568 g/mol. The Morgan fingerprint density at radius 3 is 2.48 bits per heavy atom. The fourth-order valence-corrected chi connectivity index (χ4v) is 5.18. The average molecular weight is 592 g/mol. The van der Waals surface area contributed by atoms with E-state index in [0.29, 0.717) is 26.5 Å². The van der Waals surface area contributed by atoms with Crippen LogP contribution < -0.4 is 0 Å². The molecule has 42 heavy (non-hydrogen) atoms. The Balaban J connectivity index is 1.39. The van der Waals surface area contributed by atoms with Crippen LogP contribution in [0.4, 0.5) is 31.1 Å². The van der Waals surface area contributed by atoms with Crippen LogP contribution in [0.1, 0.15) is 42.2 Å². The Morgan fingerprint density at radius 1 is 1.10 bits per heavy atom. The topological polar surface area (TPSA) is 79.8 Å². The summed E-state index contributed by atoms with van der Waals surface area (Å²) in [4.78, 5) is 44.5. The van der Waals surface area contributed by atoms with E-state index in [-0.39, 0.29) is 24.1 Å². The molecule has 0 saturated carbocycles. The van der Waals surface area contributed by atoms with Crippen LogP contribution in [-0.2, 0) is 32.9 Å². The highest BCUT2D eigenvalue weighted by Gasteiger charge is 2.58. The molecule has 3 aromatic rings. The molecule has 2 atom stereocenters. The molecule has 1 aliphatic heterocycles. The van der Waals surface area contributed by atoms with Gasteiger partial charge in [0, 0.05) is 24.1 Å². The molecule has 5 rings (SSSR count). The molecule has 0 unspecified atom stereocenters. The summed E-state index contributed by atoms with van der Waals surface area (Å²) in [6.45, 7) is -0.781. The summed E-state index contributed by atoms with van der Waals surface area (Å²) in [7, 11) is 0. The average Bonchev–Trinajstić information content (AvgIpc) is 3.43. The van der Waals surface area contributed by atoms with Crippen LogP contribution in [0.3, 0.4) is 0 Å². The van der Waals surface area contributed by atoms with Crippen LogP contribution in [0.5, 0.6) is 0 Å². The van der Waals surface area contributed by atoms with Crippen LogP contribution in [0.15, 0.2) is 60.7 Å². The number of pyridine rings is 1. The smallest absolute Gasteiger partial charge is 0.418 e. The third-order valence-electron chi connectivity index (χ3n) is 7.47. The van der Waals surface area contributed by atoms with E-state index in [2.05, 4.69) is 4.98 Å². The van der Waals surface area contributed by atoms with Gasteiger partial charge in [-0.15, -0.1) is 0 Å². The van der Waals surface area contributed by atoms with Crippen molar-refractivity contribution in [2.75, 3.05) is 6.54 Å². The summed E-state index contributed by atoms with van der Waals surface area (Å²) in [5.74, 6) is -2.67. The minimum atomic E-state index is -4.82. The fraction of sp³-hybridized carbons (Fsp3) is 0.310. The zero-order chi connectivity index (χ0) is 30.4. The number of hydrogen-bond donors (Lipinski definition) is 0. The summed E-state index contributed by atoms with van der Waals surface area (Å²) in [5, 5.41) is 0. The molecule has 2 aromatic carbocycles. The first-order valence-electron chi connectivity index (χ1n) is 12.8. The van der Waals surface area contributed by atoms with Crippen molar-refractivity contribution in [1.82, 2.24) is 14.8 Å². The Kier molecular flexibility index (Phi) is 7.46. The lowest BCUT2D eigenvalue weighted by Crippen LogP contribution is -2.51. The molecule has 1 aliphatic carbocycles. The van der Waals surface area contributed by atoms with Crippen molar-refractivity contribution in [2.45, 2.75) is 50.6 Å². The third-order valence-corrected chi connectivity index (χ3v) is 7.47. The molecule has 1 spiro atoms. The minimum absolute atomic E-state index is 0.0177. The second-order valence-corrected chi connectivity index (χ2v) is 10.1. The first-order valence-corrected chi connectivity index (χ1v) is 12.8. The van der Waals surface area contributed by atoms with Gasteiger partial charge in [0.25, 0.3) is 12.3 Å². The van der Waals surface area contributed by atoms with E-state index < -0.39 is 66.8 Å². The van der Waals surface area contributed by atoms with Gasteiger partial charge in [-0.3, -0.25) is 9.59 Å². The molecule has 13 heteroatoms. The summed E-state index contributed by atoms with van der Waals surface area (Å²) in [5.41, 5.74) is -0.278. The number of carbonyl (C=O) groups excluding carboxylic acids is 3. The van der Waals surface area contributed by atoms with E-state index in [9.17, 15) is 40.7 Å². The minimum Gasteiger partial charge on any atom is -0.427 e.